The first-order chi connectivity index (χ1) is 6.58. The third-order valence-electron chi connectivity index (χ3n) is 1.54. The van der Waals surface area contributed by atoms with E-state index in [2.05, 4.69) is 25.4 Å². The monoisotopic (exact) mass is 193 g/mol. The van der Waals surface area contributed by atoms with Crippen molar-refractivity contribution in [3.05, 3.63) is 29.1 Å². The summed E-state index contributed by atoms with van der Waals surface area (Å²) in [5.74, 6) is 1.68. The Hall–Kier alpha value is -1.65. The van der Waals surface area contributed by atoms with Gasteiger partial charge >= 0.3 is 0 Å². The van der Waals surface area contributed by atoms with Crippen LogP contribution in [0.3, 0.4) is 0 Å². The summed E-state index contributed by atoms with van der Waals surface area (Å²) < 4.78 is 0. The van der Waals surface area contributed by atoms with Crippen LogP contribution in [0.4, 0.5) is 0 Å². The molecule has 5 nitrogen and oxygen atoms in total. The highest BCUT2D eigenvalue weighted by Gasteiger charge is 1.86. The third-order valence-corrected chi connectivity index (χ3v) is 1.54. The van der Waals surface area contributed by atoms with Gasteiger partial charge in [-0.05, 0) is 33.8 Å². The maximum absolute atomic E-state index is 3.94. The van der Waals surface area contributed by atoms with Crippen molar-refractivity contribution < 1.29 is 0 Å². The third kappa shape index (κ3) is 3.38. The zero-order valence-electron chi connectivity index (χ0n) is 8.92. The smallest absolute Gasteiger partial charge is 0.147 e. The van der Waals surface area contributed by atoms with Gasteiger partial charge in [0.1, 0.15) is 11.6 Å². The summed E-state index contributed by atoms with van der Waals surface area (Å²) in [6, 6.07) is 2.00. The van der Waals surface area contributed by atoms with Gasteiger partial charge in [0, 0.05) is 5.69 Å². The molecule has 0 bridgehead atoms. The SMILES string of the molecule is Cc1cc(C)[nH]n1.Cc1n[nH]c(C)n1. The molecule has 0 spiro atoms. The molecule has 0 atom stereocenters. The largest absolute Gasteiger partial charge is 0.283 e. The average molecular weight is 193 g/mol. The van der Waals surface area contributed by atoms with E-state index in [1.807, 2.05) is 33.8 Å². The second-order valence-corrected chi connectivity index (χ2v) is 3.16. The van der Waals surface area contributed by atoms with Gasteiger partial charge in [0.2, 0.25) is 0 Å². The predicted molar refractivity (Wildman–Crippen MR) is 53.9 cm³/mol. The Morgan fingerprint density at radius 1 is 1.00 bits per heavy atom. The summed E-state index contributed by atoms with van der Waals surface area (Å²) in [5.41, 5.74) is 2.18. The van der Waals surface area contributed by atoms with Gasteiger partial charge in [-0.3, -0.25) is 10.2 Å². The van der Waals surface area contributed by atoms with Crippen LogP contribution in [0.1, 0.15) is 23.0 Å². The van der Waals surface area contributed by atoms with E-state index in [4.69, 9.17) is 0 Å². The summed E-state index contributed by atoms with van der Waals surface area (Å²) in [6.07, 6.45) is 0. The van der Waals surface area contributed by atoms with Crippen LogP contribution in [-0.2, 0) is 0 Å². The first-order valence-electron chi connectivity index (χ1n) is 4.42. The molecule has 2 N–H and O–H groups in total. The van der Waals surface area contributed by atoms with Gasteiger partial charge in [-0.25, -0.2) is 4.98 Å². The number of aromatic nitrogens is 5. The molecule has 0 unspecified atom stereocenters. The Labute approximate surface area is 83.0 Å². The summed E-state index contributed by atoms with van der Waals surface area (Å²) >= 11 is 0. The molecule has 0 aliphatic rings. The van der Waals surface area contributed by atoms with E-state index in [0.717, 1.165) is 23.0 Å². The van der Waals surface area contributed by atoms with E-state index in [-0.39, 0.29) is 0 Å². The van der Waals surface area contributed by atoms with Crippen molar-refractivity contribution in [1.82, 2.24) is 25.4 Å². The molecule has 0 aliphatic carbocycles. The van der Waals surface area contributed by atoms with E-state index in [1.165, 1.54) is 0 Å². The topological polar surface area (TPSA) is 70.2 Å². The Morgan fingerprint density at radius 2 is 1.71 bits per heavy atom. The number of hydrogen-bond donors (Lipinski definition) is 2. The van der Waals surface area contributed by atoms with Crippen LogP contribution in [-0.4, -0.2) is 25.4 Å². The van der Waals surface area contributed by atoms with Crippen LogP contribution in [0.25, 0.3) is 0 Å². The number of hydrogen-bond acceptors (Lipinski definition) is 3. The lowest BCUT2D eigenvalue weighted by molar-refractivity contribution is 1.02. The van der Waals surface area contributed by atoms with E-state index in [0.29, 0.717) is 0 Å². The molecule has 5 heteroatoms. The summed E-state index contributed by atoms with van der Waals surface area (Å²) in [5, 5.41) is 13.2. The maximum Gasteiger partial charge on any atom is 0.147 e. The molecular formula is C9H15N5. The van der Waals surface area contributed by atoms with E-state index >= 15 is 0 Å². The van der Waals surface area contributed by atoms with Crippen molar-refractivity contribution in [3.63, 3.8) is 0 Å². The first-order valence-corrected chi connectivity index (χ1v) is 4.42. The highest BCUT2D eigenvalue weighted by molar-refractivity contribution is 5.03. The number of nitrogens with zero attached hydrogens (tertiary/aromatic N) is 3. The van der Waals surface area contributed by atoms with E-state index in [9.17, 15) is 0 Å². The molecule has 76 valence electrons. The van der Waals surface area contributed by atoms with Crippen molar-refractivity contribution in [3.8, 4) is 0 Å². The average Bonchev–Trinajstić information content (AvgIpc) is 2.63. The minimum Gasteiger partial charge on any atom is -0.283 e. The number of aromatic amines is 2. The number of rotatable bonds is 0. The molecule has 0 aromatic carbocycles. The van der Waals surface area contributed by atoms with Crippen LogP contribution in [0.5, 0.6) is 0 Å². The molecule has 2 rings (SSSR count). The number of nitrogens with one attached hydrogen (secondary N) is 2. The van der Waals surface area contributed by atoms with Gasteiger partial charge in [0.05, 0.1) is 5.69 Å². The Morgan fingerprint density at radius 3 is 1.86 bits per heavy atom. The van der Waals surface area contributed by atoms with Gasteiger partial charge in [-0.15, -0.1) is 0 Å². The molecule has 0 amide bonds. The Bertz CT molecular complexity index is 316. The molecule has 2 aromatic heterocycles. The lowest BCUT2D eigenvalue weighted by atomic mass is 10.4. The fourth-order valence-electron chi connectivity index (χ4n) is 1.01. The molecule has 14 heavy (non-hydrogen) atoms. The fraction of sp³-hybridized carbons (Fsp3) is 0.444. The Balaban J connectivity index is 0.000000140. The molecule has 2 heterocycles. The molecular weight excluding hydrogens is 178 g/mol. The molecule has 0 saturated carbocycles. The van der Waals surface area contributed by atoms with Gasteiger partial charge in [-0.2, -0.15) is 10.2 Å². The lowest BCUT2D eigenvalue weighted by Crippen LogP contribution is -1.70. The van der Waals surface area contributed by atoms with Gasteiger partial charge < -0.3 is 0 Å². The van der Waals surface area contributed by atoms with Gasteiger partial charge in [-0.1, -0.05) is 0 Å². The van der Waals surface area contributed by atoms with E-state index in [1.54, 1.807) is 0 Å². The quantitative estimate of drug-likeness (QED) is 0.665. The molecule has 0 aliphatic heterocycles. The zero-order valence-corrected chi connectivity index (χ0v) is 8.92. The normalized spacial score (nSPS) is 9.43. The standard InChI is InChI=1S/C5H8N2.C4H7N3/c1-4-3-5(2)7-6-4;1-3-5-4(2)7-6-3/h3H,1-2H3,(H,6,7);1-2H3,(H,5,6,7). The van der Waals surface area contributed by atoms with Crippen molar-refractivity contribution >= 4 is 0 Å². The van der Waals surface area contributed by atoms with Crippen LogP contribution in [0.15, 0.2) is 6.07 Å². The first kappa shape index (κ1) is 10.4. The summed E-state index contributed by atoms with van der Waals surface area (Å²) in [6.45, 7) is 7.67. The van der Waals surface area contributed by atoms with Crippen molar-refractivity contribution in [1.29, 1.82) is 0 Å². The lowest BCUT2D eigenvalue weighted by Gasteiger charge is -1.68. The summed E-state index contributed by atoms with van der Waals surface area (Å²) in [7, 11) is 0. The van der Waals surface area contributed by atoms with E-state index < -0.39 is 0 Å². The van der Waals surface area contributed by atoms with Crippen LogP contribution in [0.2, 0.25) is 0 Å². The second kappa shape index (κ2) is 4.55. The van der Waals surface area contributed by atoms with Gasteiger partial charge in [0.25, 0.3) is 0 Å². The van der Waals surface area contributed by atoms with Crippen molar-refractivity contribution in [2.24, 2.45) is 0 Å². The molecule has 2 aromatic rings. The molecule has 0 radical (unpaired) electrons. The van der Waals surface area contributed by atoms with Crippen LogP contribution < -0.4 is 0 Å². The van der Waals surface area contributed by atoms with Crippen molar-refractivity contribution in [2.75, 3.05) is 0 Å². The second-order valence-electron chi connectivity index (χ2n) is 3.16. The number of H-pyrrole nitrogens is 2. The molecule has 0 fully saturated rings. The Kier molecular flexibility index (Phi) is 3.39. The summed E-state index contributed by atoms with van der Waals surface area (Å²) in [4.78, 5) is 3.94. The maximum atomic E-state index is 3.94. The van der Waals surface area contributed by atoms with Gasteiger partial charge in [0.15, 0.2) is 0 Å². The minimum atomic E-state index is 0.803. The molecule has 0 saturated heterocycles. The van der Waals surface area contributed by atoms with Crippen molar-refractivity contribution in [2.45, 2.75) is 27.7 Å². The zero-order chi connectivity index (χ0) is 10.6. The van der Waals surface area contributed by atoms with Crippen LogP contribution in [0, 0.1) is 27.7 Å². The fourth-order valence-corrected chi connectivity index (χ4v) is 1.01. The predicted octanol–water partition coefficient (Wildman–Crippen LogP) is 1.45. The van der Waals surface area contributed by atoms with Crippen LogP contribution >= 0.6 is 0 Å². The highest BCUT2D eigenvalue weighted by atomic mass is 15.2. The minimum absolute atomic E-state index is 0.803. The highest BCUT2D eigenvalue weighted by Crippen LogP contribution is 1.92. The number of aryl methyl sites for hydroxylation is 4.